The van der Waals surface area contributed by atoms with Crippen molar-refractivity contribution in [3.05, 3.63) is 99.2 Å². The molecule has 7 heteroatoms. The summed E-state index contributed by atoms with van der Waals surface area (Å²) in [6, 6.07) is 20.3. The number of nitrogens with one attached hydrogen (secondary N) is 1. The molecule has 5 rings (SSSR count). The molecule has 1 aliphatic heterocycles. The van der Waals surface area contributed by atoms with Crippen LogP contribution >= 0.6 is 27.5 Å². The van der Waals surface area contributed by atoms with Crippen LogP contribution in [-0.2, 0) is 9.53 Å². The Bertz CT molecular complexity index is 1140. The second-order valence-corrected chi connectivity index (χ2v) is 11.0. The number of carbonyl (C=O) groups is 1. The van der Waals surface area contributed by atoms with Gasteiger partial charge in [-0.2, -0.15) is 0 Å². The summed E-state index contributed by atoms with van der Waals surface area (Å²) in [5.74, 6) is 0.156. The zero-order valence-electron chi connectivity index (χ0n) is 20.2. The fraction of sp³-hybridized carbons (Fsp3) is 0.379. The summed E-state index contributed by atoms with van der Waals surface area (Å²) in [6.45, 7) is 3.51. The Morgan fingerprint density at radius 2 is 1.64 bits per heavy atom. The first kappa shape index (κ1) is 25.4. The number of morpholine rings is 1. The molecule has 188 valence electrons. The Hall–Kier alpha value is -2.25. The Morgan fingerprint density at radius 1 is 0.972 bits per heavy atom. The summed E-state index contributed by atoms with van der Waals surface area (Å²) in [6.07, 6.45) is 6.38. The highest BCUT2D eigenvalue weighted by atomic mass is 79.9. The maximum absolute atomic E-state index is 14.0. The minimum absolute atomic E-state index is 0.0971. The van der Waals surface area contributed by atoms with Crippen LogP contribution in [0.25, 0.3) is 0 Å². The number of nitrogens with zero attached hydrogens (tertiary/aromatic N) is 2. The van der Waals surface area contributed by atoms with Gasteiger partial charge < -0.3 is 10.1 Å². The number of rotatable bonds is 6. The summed E-state index contributed by atoms with van der Waals surface area (Å²) in [5.41, 5.74) is 3.23. The maximum Gasteiger partial charge on any atom is 0.224 e. The lowest BCUT2D eigenvalue weighted by atomic mass is 9.72. The average Bonchev–Trinajstić information content (AvgIpc) is 2.93. The normalized spacial score (nSPS) is 23.7. The summed E-state index contributed by atoms with van der Waals surface area (Å²) in [5, 5.41) is 4.07. The van der Waals surface area contributed by atoms with Crippen molar-refractivity contribution in [2.45, 2.75) is 37.3 Å². The van der Waals surface area contributed by atoms with Gasteiger partial charge in [-0.15, -0.1) is 0 Å². The van der Waals surface area contributed by atoms with Crippen molar-refractivity contribution >= 4 is 33.4 Å². The number of halogens is 2. The van der Waals surface area contributed by atoms with Crippen LogP contribution in [0.4, 0.5) is 0 Å². The van der Waals surface area contributed by atoms with Crippen molar-refractivity contribution in [2.75, 3.05) is 26.3 Å². The van der Waals surface area contributed by atoms with Crippen LogP contribution in [-0.4, -0.2) is 48.1 Å². The summed E-state index contributed by atoms with van der Waals surface area (Å²) >= 11 is 9.71. The highest BCUT2D eigenvalue weighted by Gasteiger charge is 2.39. The molecule has 2 heterocycles. The highest BCUT2D eigenvalue weighted by molar-refractivity contribution is 9.10. The third-order valence-corrected chi connectivity index (χ3v) is 8.33. The van der Waals surface area contributed by atoms with Crippen molar-refractivity contribution in [1.29, 1.82) is 0 Å². The van der Waals surface area contributed by atoms with Gasteiger partial charge in [-0.3, -0.25) is 14.7 Å². The molecule has 1 N–H and O–H groups in total. The third kappa shape index (κ3) is 6.00. The lowest BCUT2D eigenvalue weighted by Gasteiger charge is -2.42. The summed E-state index contributed by atoms with van der Waals surface area (Å²) < 4.78 is 6.64. The summed E-state index contributed by atoms with van der Waals surface area (Å²) in [7, 11) is 0. The van der Waals surface area contributed by atoms with Gasteiger partial charge in [-0.25, -0.2) is 0 Å². The zero-order chi connectivity index (χ0) is 24.9. The van der Waals surface area contributed by atoms with Crippen molar-refractivity contribution in [3.63, 3.8) is 0 Å². The number of pyridine rings is 1. The predicted molar refractivity (Wildman–Crippen MR) is 146 cm³/mol. The van der Waals surface area contributed by atoms with Gasteiger partial charge in [-0.05, 0) is 78.3 Å². The minimum atomic E-state index is -0.264. The Balaban J connectivity index is 1.41. The van der Waals surface area contributed by atoms with E-state index in [1.807, 2.05) is 36.4 Å². The molecule has 36 heavy (non-hydrogen) atoms. The van der Waals surface area contributed by atoms with Crippen LogP contribution in [0, 0.1) is 5.92 Å². The first-order valence-corrected chi connectivity index (χ1v) is 13.8. The maximum atomic E-state index is 14.0. The average molecular weight is 569 g/mol. The first-order valence-electron chi connectivity index (χ1n) is 12.6. The zero-order valence-corrected chi connectivity index (χ0v) is 22.5. The van der Waals surface area contributed by atoms with E-state index >= 15 is 0 Å². The van der Waals surface area contributed by atoms with Gasteiger partial charge in [0.2, 0.25) is 5.91 Å². The van der Waals surface area contributed by atoms with E-state index < -0.39 is 0 Å². The molecule has 1 amide bonds. The summed E-state index contributed by atoms with van der Waals surface area (Å²) in [4.78, 5) is 20.7. The van der Waals surface area contributed by atoms with Gasteiger partial charge in [0, 0.05) is 46.9 Å². The van der Waals surface area contributed by atoms with Gasteiger partial charge in [0.25, 0.3) is 0 Å². The van der Waals surface area contributed by atoms with E-state index in [4.69, 9.17) is 16.3 Å². The van der Waals surface area contributed by atoms with Crippen LogP contribution in [0.1, 0.15) is 47.9 Å². The molecule has 2 aliphatic rings. The van der Waals surface area contributed by atoms with E-state index in [1.165, 1.54) is 5.56 Å². The standard InChI is InChI=1S/C29H31BrClN3O2/c30-23-5-1-20(2-6-23)27-19-25(34-15-17-36-18-16-34)9-10-26(27)29(35)33-28(22-11-13-32-14-12-22)21-3-7-24(31)8-4-21/h1-8,11-14,25-28H,9-10,15-19H2,(H,33,35)/t25-,26+,27-,28?/m0/s1. The fourth-order valence-corrected chi connectivity index (χ4v) is 6.02. The van der Waals surface area contributed by atoms with Gasteiger partial charge in [-0.1, -0.05) is 51.8 Å². The molecule has 0 bridgehead atoms. The quantitative estimate of drug-likeness (QED) is 0.397. The second kappa shape index (κ2) is 11.9. The number of benzene rings is 2. The van der Waals surface area contributed by atoms with E-state index in [-0.39, 0.29) is 23.8 Å². The molecule has 1 unspecified atom stereocenters. The smallest absolute Gasteiger partial charge is 0.224 e. The molecule has 1 saturated heterocycles. The van der Waals surface area contributed by atoms with Crippen LogP contribution in [0.2, 0.25) is 5.02 Å². The molecule has 2 aromatic carbocycles. The van der Waals surface area contributed by atoms with Gasteiger partial charge in [0.15, 0.2) is 0 Å². The molecule has 2 fully saturated rings. The van der Waals surface area contributed by atoms with Gasteiger partial charge >= 0.3 is 0 Å². The van der Waals surface area contributed by atoms with Gasteiger partial charge in [0.05, 0.1) is 19.3 Å². The van der Waals surface area contributed by atoms with E-state index in [0.29, 0.717) is 11.1 Å². The number of hydrogen-bond acceptors (Lipinski definition) is 4. The van der Waals surface area contributed by atoms with Gasteiger partial charge in [0.1, 0.15) is 0 Å². The number of hydrogen-bond donors (Lipinski definition) is 1. The van der Waals surface area contributed by atoms with Crippen molar-refractivity contribution in [1.82, 2.24) is 15.2 Å². The molecule has 1 saturated carbocycles. The lowest BCUT2D eigenvalue weighted by molar-refractivity contribution is -0.127. The Labute approximate surface area is 226 Å². The molecule has 3 aromatic rings. The van der Waals surface area contributed by atoms with Crippen LogP contribution < -0.4 is 5.32 Å². The van der Waals surface area contributed by atoms with Crippen molar-refractivity contribution < 1.29 is 9.53 Å². The Kier molecular flexibility index (Phi) is 8.37. The molecule has 5 nitrogen and oxygen atoms in total. The molecular formula is C29H31BrClN3O2. The molecule has 0 spiro atoms. The van der Waals surface area contributed by atoms with Crippen molar-refractivity contribution in [2.24, 2.45) is 5.92 Å². The fourth-order valence-electron chi connectivity index (χ4n) is 5.63. The van der Waals surface area contributed by atoms with E-state index in [1.54, 1.807) is 12.4 Å². The molecular weight excluding hydrogens is 538 g/mol. The number of ether oxygens (including phenoxy) is 1. The molecule has 4 atom stereocenters. The van der Waals surface area contributed by atoms with Crippen LogP contribution in [0.3, 0.4) is 0 Å². The lowest BCUT2D eigenvalue weighted by Crippen LogP contribution is -2.48. The highest BCUT2D eigenvalue weighted by Crippen LogP contribution is 2.41. The SMILES string of the molecule is O=C(NC(c1ccncc1)c1ccc(Cl)cc1)[C@@H]1CC[C@H](N2CCOCC2)C[C@H]1c1ccc(Br)cc1. The number of aromatic nitrogens is 1. The largest absolute Gasteiger partial charge is 0.379 e. The topological polar surface area (TPSA) is 54.5 Å². The Morgan fingerprint density at radius 3 is 2.33 bits per heavy atom. The third-order valence-electron chi connectivity index (χ3n) is 7.55. The first-order chi connectivity index (χ1) is 17.6. The van der Waals surface area contributed by atoms with Crippen LogP contribution in [0.5, 0.6) is 0 Å². The van der Waals surface area contributed by atoms with E-state index in [2.05, 4.69) is 55.4 Å². The number of amides is 1. The predicted octanol–water partition coefficient (Wildman–Crippen LogP) is 5.99. The second-order valence-electron chi connectivity index (χ2n) is 9.65. The monoisotopic (exact) mass is 567 g/mol. The molecule has 0 radical (unpaired) electrons. The van der Waals surface area contributed by atoms with Crippen molar-refractivity contribution in [3.8, 4) is 0 Å². The molecule has 1 aromatic heterocycles. The van der Waals surface area contributed by atoms with Crippen LogP contribution in [0.15, 0.2) is 77.5 Å². The van der Waals surface area contributed by atoms with E-state index in [9.17, 15) is 4.79 Å². The van der Waals surface area contributed by atoms with E-state index in [0.717, 1.165) is 61.2 Å². The minimum Gasteiger partial charge on any atom is -0.379 e. The molecule has 1 aliphatic carbocycles. The number of carbonyl (C=O) groups excluding carboxylic acids is 1.